The van der Waals surface area contributed by atoms with Gasteiger partial charge in [-0.05, 0) is 68.1 Å². The summed E-state index contributed by atoms with van der Waals surface area (Å²) in [6.07, 6.45) is 14.1. The number of nitrogens with zero attached hydrogens (tertiary/aromatic N) is 1. The maximum absolute atomic E-state index is 8.71. The van der Waals surface area contributed by atoms with E-state index < -0.39 is 0 Å². The Hall–Kier alpha value is -1.03. The third-order valence-corrected chi connectivity index (χ3v) is 5.08. The zero-order valence-corrected chi connectivity index (χ0v) is 10.5. The summed E-state index contributed by atoms with van der Waals surface area (Å²) in [7, 11) is 0. The van der Waals surface area contributed by atoms with Gasteiger partial charge in [-0.15, -0.1) is 0 Å². The topological polar surface area (TPSA) is 23.8 Å². The Labute approximate surface area is 104 Å². The lowest BCUT2D eigenvalue weighted by Gasteiger charge is -2.55. The highest BCUT2D eigenvalue weighted by Crippen LogP contribution is 2.60. The largest absolute Gasteiger partial charge is 0.193 e. The van der Waals surface area contributed by atoms with Crippen LogP contribution in [0.25, 0.3) is 0 Å². The first-order valence-corrected chi connectivity index (χ1v) is 6.95. The normalized spacial score (nSPS) is 42.9. The molecule has 4 aliphatic carbocycles. The van der Waals surface area contributed by atoms with E-state index in [9.17, 15) is 0 Å². The van der Waals surface area contributed by atoms with E-state index in [4.69, 9.17) is 5.26 Å². The number of nitriles is 1. The first-order valence-electron chi connectivity index (χ1n) is 6.95. The fourth-order valence-electron chi connectivity index (χ4n) is 4.88. The monoisotopic (exact) mass is 227 g/mol. The summed E-state index contributed by atoms with van der Waals surface area (Å²) >= 11 is 0. The van der Waals surface area contributed by atoms with Gasteiger partial charge in [0.2, 0.25) is 0 Å². The van der Waals surface area contributed by atoms with Crippen molar-refractivity contribution in [3.63, 3.8) is 0 Å². The molecule has 17 heavy (non-hydrogen) atoms. The van der Waals surface area contributed by atoms with Gasteiger partial charge in [0.05, 0.1) is 6.07 Å². The molecule has 0 saturated heterocycles. The Morgan fingerprint density at radius 3 is 2.18 bits per heavy atom. The van der Waals surface area contributed by atoms with Crippen LogP contribution in [0, 0.1) is 34.5 Å². The minimum Gasteiger partial charge on any atom is -0.193 e. The molecule has 0 aromatic carbocycles. The number of hydrogen-bond acceptors (Lipinski definition) is 1. The van der Waals surface area contributed by atoms with Gasteiger partial charge in [0, 0.05) is 5.57 Å². The van der Waals surface area contributed by atoms with Gasteiger partial charge in [0.25, 0.3) is 0 Å². The summed E-state index contributed by atoms with van der Waals surface area (Å²) in [4.78, 5) is 0. The molecule has 0 amide bonds. The summed E-state index contributed by atoms with van der Waals surface area (Å²) in [5, 5.41) is 8.71. The fourth-order valence-corrected chi connectivity index (χ4v) is 4.88. The van der Waals surface area contributed by atoms with E-state index in [2.05, 4.69) is 24.8 Å². The molecular formula is C16H21N. The minimum absolute atomic E-state index is 0.504. The number of hydrogen-bond donors (Lipinski definition) is 0. The third kappa shape index (κ3) is 2.06. The van der Waals surface area contributed by atoms with E-state index in [0.717, 1.165) is 24.2 Å². The Balaban J connectivity index is 1.70. The van der Waals surface area contributed by atoms with Crippen LogP contribution >= 0.6 is 0 Å². The van der Waals surface area contributed by atoms with E-state index in [1.54, 1.807) is 0 Å². The minimum atomic E-state index is 0.504. The standard InChI is InChI=1S/C16H21N/c1-12(11-17)3-2-4-16-8-13-5-14(9-16)7-15(6-13)10-16/h2,4,13-15H,1,3,5-10H2/b4-2+. The van der Waals surface area contributed by atoms with Crippen LogP contribution < -0.4 is 0 Å². The number of rotatable bonds is 3. The third-order valence-electron chi connectivity index (χ3n) is 5.08. The van der Waals surface area contributed by atoms with Crippen LogP contribution in [-0.4, -0.2) is 0 Å². The van der Waals surface area contributed by atoms with Crippen LogP contribution in [0.15, 0.2) is 24.3 Å². The molecule has 4 bridgehead atoms. The molecule has 0 unspecified atom stereocenters. The molecule has 0 radical (unpaired) electrons. The quantitative estimate of drug-likeness (QED) is 0.523. The van der Waals surface area contributed by atoms with Crippen molar-refractivity contribution in [2.24, 2.45) is 23.2 Å². The van der Waals surface area contributed by atoms with Crippen LogP contribution in [0.1, 0.15) is 44.9 Å². The molecule has 4 saturated carbocycles. The summed E-state index contributed by atoms with van der Waals surface area (Å²) < 4.78 is 0. The van der Waals surface area contributed by atoms with Gasteiger partial charge in [0.15, 0.2) is 0 Å². The zero-order valence-electron chi connectivity index (χ0n) is 10.5. The van der Waals surface area contributed by atoms with Gasteiger partial charge in [-0.3, -0.25) is 0 Å². The maximum Gasteiger partial charge on any atom is 0.0944 e. The van der Waals surface area contributed by atoms with Crippen LogP contribution in [0.5, 0.6) is 0 Å². The fraction of sp³-hybridized carbons (Fsp3) is 0.688. The van der Waals surface area contributed by atoms with Crippen molar-refractivity contribution in [2.45, 2.75) is 44.9 Å². The van der Waals surface area contributed by atoms with Crippen molar-refractivity contribution >= 4 is 0 Å². The van der Waals surface area contributed by atoms with Gasteiger partial charge in [-0.25, -0.2) is 0 Å². The van der Waals surface area contributed by atoms with E-state index >= 15 is 0 Å². The van der Waals surface area contributed by atoms with Crippen molar-refractivity contribution in [3.8, 4) is 6.07 Å². The molecule has 0 aromatic heterocycles. The smallest absolute Gasteiger partial charge is 0.0944 e. The molecule has 0 aromatic rings. The number of allylic oxidation sites excluding steroid dienone is 3. The summed E-state index contributed by atoms with van der Waals surface area (Å²) in [6.45, 7) is 3.74. The van der Waals surface area contributed by atoms with Gasteiger partial charge in [-0.1, -0.05) is 18.7 Å². The molecule has 1 heteroatoms. The van der Waals surface area contributed by atoms with Crippen LogP contribution in [0.4, 0.5) is 0 Å². The molecule has 0 spiro atoms. The highest BCUT2D eigenvalue weighted by Gasteiger charge is 2.49. The van der Waals surface area contributed by atoms with Gasteiger partial charge in [0.1, 0.15) is 0 Å². The van der Waals surface area contributed by atoms with Crippen LogP contribution in [0.2, 0.25) is 0 Å². The second-order valence-corrected chi connectivity index (χ2v) is 6.60. The van der Waals surface area contributed by atoms with Crippen LogP contribution in [-0.2, 0) is 0 Å². The molecule has 4 fully saturated rings. The predicted molar refractivity (Wildman–Crippen MR) is 69.1 cm³/mol. The van der Waals surface area contributed by atoms with Crippen molar-refractivity contribution in [1.82, 2.24) is 0 Å². The summed E-state index contributed by atoms with van der Waals surface area (Å²) in [5.74, 6) is 3.01. The van der Waals surface area contributed by atoms with Gasteiger partial charge >= 0.3 is 0 Å². The first kappa shape index (κ1) is 11.1. The molecule has 0 N–H and O–H groups in total. The van der Waals surface area contributed by atoms with Crippen molar-refractivity contribution in [1.29, 1.82) is 5.26 Å². The lowest BCUT2D eigenvalue weighted by molar-refractivity contribution is -0.0238. The molecule has 4 rings (SSSR count). The van der Waals surface area contributed by atoms with E-state index in [0.29, 0.717) is 11.0 Å². The molecule has 90 valence electrons. The summed E-state index contributed by atoms with van der Waals surface area (Å²) in [6, 6.07) is 2.13. The lowest BCUT2D eigenvalue weighted by atomic mass is 9.49. The van der Waals surface area contributed by atoms with Crippen molar-refractivity contribution < 1.29 is 0 Å². The maximum atomic E-state index is 8.71. The first-order chi connectivity index (χ1) is 8.19. The molecule has 4 aliphatic rings. The molecule has 0 heterocycles. The highest BCUT2D eigenvalue weighted by molar-refractivity contribution is 5.20. The SMILES string of the molecule is C=C(C#N)C/C=C/C12CC3CC(CC(C3)C1)C2. The Morgan fingerprint density at radius 1 is 1.18 bits per heavy atom. The van der Waals surface area contributed by atoms with Crippen LogP contribution in [0.3, 0.4) is 0 Å². The zero-order chi connectivity index (χ0) is 11.9. The Morgan fingerprint density at radius 2 is 1.71 bits per heavy atom. The van der Waals surface area contributed by atoms with Gasteiger partial charge < -0.3 is 0 Å². The molecule has 1 nitrogen and oxygen atoms in total. The predicted octanol–water partition coefficient (Wildman–Crippen LogP) is 4.23. The second kappa shape index (κ2) is 4.02. The Kier molecular flexibility index (Phi) is 2.62. The van der Waals surface area contributed by atoms with Crippen molar-refractivity contribution in [3.05, 3.63) is 24.3 Å². The molecular weight excluding hydrogens is 206 g/mol. The van der Waals surface area contributed by atoms with E-state index in [1.807, 2.05) is 0 Å². The average molecular weight is 227 g/mol. The van der Waals surface area contributed by atoms with E-state index in [-0.39, 0.29) is 0 Å². The molecule has 0 atom stereocenters. The lowest BCUT2D eigenvalue weighted by Crippen LogP contribution is -2.44. The molecule has 0 aliphatic heterocycles. The van der Waals surface area contributed by atoms with Crippen molar-refractivity contribution in [2.75, 3.05) is 0 Å². The second-order valence-electron chi connectivity index (χ2n) is 6.60. The average Bonchev–Trinajstić information content (AvgIpc) is 2.26. The highest BCUT2D eigenvalue weighted by atomic mass is 14.5. The summed E-state index contributed by atoms with van der Waals surface area (Å²) in [5.41, 5.74) is 1.19. The van der Waals surface area contributed by atoms with Gasteiger partial charge in [-0.2, -0.15) is 5.26 Å². The Bertz CT molecular complexity index is 361. The van der Waals surface area contributed by atoms with E-state index in [1.165, 1.54) is 38.5 Å².